The van der Waals surface area contributed by atoms with Crippen LogP contribution in [0.2, 0.25) is 0 Å². The van der Waals surface area contributed by atoms with E-state index in [0.29, 0.717) is 13.1 Å². The third-order valence-corrected chi connectivity index (χ3v) is 5.13. The maximum Gasteiger partial charge on any atom is 0.237 e. The van der Waals surface area contributed by atoms with Gasteiger partial charge in [-0.05, 0) is 44.0 Å². The van der Waals surface area contributed by atoms with E-state index in [1.54, 1.807) is 23.5 Å². The second kappa shape index (κ2) is 7.85. The molecule has 4 nitrogen and oxygen atoms in total. The van der Waals surface area contributed by atoms with Crippen LogP contribution in [0.15, 0.2) is 29.6 Å². The van der Waals surface area contributed by atoms with Crippen LogP contribution in [0, 0.1) is 12.7 Å². The van der Waals surface area contributed by atoms with Gasteiger partial charge in [-0.15, -0.1) is 11.3 Å². The Bertz CT molecular complexity index is 686. The number of nitrogens with one attached hydrogen (secondary N) is 1. The van der Waals surface area contributed by atoms with Crippen LogP contribution in [0.25, 0.3) is 0 Å². The van der Waals surface area contributed by atoms with Crippen LogP contribution in [0.4, 0.5) is 4.39 Å². The molecular weight excluding hydrogens is 325 g/mol. The Balaban J connectivity index is 1.50. The molecule has 3 rings (SSSR count). The fourth-order valence-corrected chi connectivity index (χ4v) is 3.74. The predicted molar refractivity (Wildman–Crippen MR) is 93.4 cm³/mol. The monoisotopic (exact) mass is 347 g/mol. The Kier molecular flexibility index (Phi) is 5.58. The predicted octanol–water partition coefficient (Wildman–Crippen LogP) is 2.91. The van der Waals surface area contributed by atoms with Gasteiger partial charge in [-0.25, -0.2) is 9.37 Å². The number of amides is 1. The van der Waals surface area contributed by atoms with Crippen molar-refractivity contribution in [2.75, 3.05) is 13.1 Å². The third kappa shape index (κ3) is 4.39. The minimum atomic E-state index is -0.230. The van der Waals surface area contributed by atoms with Crippen molar-refractivity contribution in [1.29, 1.82) is 0 Å². The first kappa shape index (κ1) is 17.0. The van der Waals surface area contributed by atoms with E-state index in [0.717, 1.165) is 42.1 Å². The summed E-state index contributed by atoms with van der Waals surface area (Å²) in [5, 5.41) is 6.12. The Morgan fingerprint density at radius 1 is 1.42 bits per heavy atom. The molecule has 1 fully saturated rings. The highest BCUT2D eigenvalue weighted by molar-refractivity contribution is 7.09. The van der Waals surface area contributed by atoms with E-state index >= 15 is 0 Å². The standard InChI is InChI=1S/C18H22FN3OS/c1-13-21-16(12-24-13)8-9-20-18(23)17-3-2-10-22(17)11-14-4-6-15(19)7-5-14/h4-7,12,17H,2-3,8-11H2,1H3,(H,20,23)/t17-/m1/s1. The number of carbonyl (C=O) groups is 1. The molecule has 0 spiro atoms. The van der Waals surface area contributed by atoms with Crippen LogP contribution in [0.5, 0.6) is 0 Å². The molecular formula is C18H22FN3OS. The number of aryl methyl sites for hydroxylation is 1. The van der Waals surface area contributed by atoms with Crippen molar-refractivity contribution in [2.24, 2.45) is 0 Å². The summed E-state index contributed by atoms with van der Waals surface area (Å²) in [4.78, 5) is 19.1. The summed E-state index contributed by atoms with van der Waals surface area (Å²) in [5.74, 6) is -0.145. The molecule has 1 aliphatic heterocycles. The number of benzene rings is 1. The molecule has 2 heterocycles. The molecule has 128 valence electrons. The van der Waals surface area contributed by atoms with E-state index in [-0.39, 0.29) is 17.8 Å². The number of aromatic nitrogens is 1. The van der Waals surface area contributed by atoms with E-state index in [1.165, 1.54) is 12.1 Å². The number of thiazole rings is 1. The van der Waals surface area contributed by atoms with Crippen molar-refractivity contribution in [3.05, 3.63) is 51.7 Å². The quantitative estimate of drug-likeness (QED) is 0.874. The largest absolute Gasteiger partial charge is 0.354 e. The molecule has 0 aliphatic carbocycles. The molecule has 0 radical (unpaired) electrons. The normalized spacial score (nSPS) is 18.0. The molecule has 0 saturated carbocycles. The van der Waals surface area contributed by atoms with E-state index < -0.39 is 0 Å². The van der Waals surface area contributed by atoms with Gasteiger partial charge in [0.1, 0.15) is 5.82 Å². The number of hydrogen-bond acceptors (Lipinski definition) is 4. The van der Waals surface area contributed by atoms with Crippen LogP contribution in [0.1, 0.15) is 29.1 Å². The van der Waals surface area contributed by atoms with Gasteiger partial charge in [0.2, 0.25) is 5.91 Å². The molecule has 1 aliphatic rings. The third-order valence-electron chi connectivity index (χ3n) is 4.31. The molecule has 2 aromatic rings. The van der Waals surface area contributed by atoms with Gasteiger partial charge in [-0.2, -0.15) is 0 Å². The van der Waals surface area contributed by atoms with Crippen molar-refractivity contribution in [3.8, 4) is 0 Å². The summed E-state index contributed by atoms with van der Waals surface area (Å²) in [7, 11) is 0. The molecule has 1 amide bonds. The first-order chi connectivity index (χ1) is 11.6. The maximum absolute atomic E-state index is 13.0. The number of carbonyl (C=O) groups excluding carboxylic acids is 1. The van der Waals surface area contributed by atoms with Gasteiger partial charge >= 0.3 is 0 Å². The Hall–Kier alpha value is -1.79. The van der Waals surface area contributed by atoms with Crippen molar-refractivity contribution in [3.63, 3.8) is 0 Å². The molecule has 1 aromatic heterocycles. The zero-order valence-corrected chi connectivity index (χ0v) is 14.6. The zero-order chi connectivity index (χ0) is 16.9. The lowest BCUT2D eigenvalue weighted by Crippen LogP contribution is -2.43. The minimum Gasteiger partial charge on any atom is -0.354 e. The first-order valence-corrected chi connectivity index (χ1v) is 9.17. The van der Waals surface area contributed by atoms with E-state index in [2.05, 4.69) is 15.2 Å². The molecule has 6 heteroatoms. The summed E-state index contributed by atoms with van der Waals surface area (Å²) in [6, 6.07) is 6.42. The van der Waals surface area contributed by atoms with Crippen LogP contribution in [0.3, 0.4) is 0 Å². The number of nitrogens with zero attached hydrogens (tertiary/aromatic N) is 2. The van der Waals surface area contributed by atoms with Gasteiger partial charge in [0.15, 0.2) is 0 Å². The SMILES string of the molecule is Cc1nc(CCNC(=O)[C@H]2CCCN2Cc2ccc(F)cc2)cs1. The van der Waals surface area contributed by atoms with Crippen molar-refractivity contribution < 1.29 is 9.18 Å². The molecule has 1 N–H and O–H groups in total. The van der Waals surface area contributed by atoms with Gasteiger partial charge in [0, 0.05) is 24.9 Å². The Labute approximate surface area is 145 Å². The van der Waals surface area contributed by atoms with Crippen molar-refractivity contribution >= 4 is 17.2 Å². The average molecular weight is 347 g/mol. The minimum absolute atomic E-state index is 0.0848. The second-order valence-corrected chi connectivity index (χ2v) is 7.22. The first-order valence-electron chi connectivity index (χ1n) is 8.29. The Morgan fingerprint density at radius 2 is 2.21 bits per heavy atom. The van der Waals surface area contributed by atoms with Gasteiger partial charge in [-0.1, -0.05) is 12.1 Å². The van der Waals surface area contributed by atoms with E-state index in [1.807, 2.05) is 12.3 Å². The smallest absolute Gasteiger partial charge is 0.237 e. The lowest BCUT2D eigenvalue weighted by atomic mass is 10.1. The van der Waals surface area contributed by atoms with Crippen LogP contribution < -0.4 is 5.32 Å². The highest BCUT2D eigenvalue weighted by atomic mass is 32.1. The zero-order valence-electron chi connectivity index (χ0n) is 13.8. The highest BCUT2D eigenvalue weighted by Gasteiger charge is 2.30. The lowest BCUT2D eigenvalue weighted by molar-refractivity contribution is -0.125. The van der Waals surface area contributed by atoms with Crippen LogP contribution >= 0.6 is 11.3 Å². The van der Waals surface area contributed by atoms with Crippen LogP contribution in [-0.4, -0.2) is 34.9 Å². The maximum atomic E-state index is 13.0. The van der Waals surface area contributed by atoms with Gasteiger partial charge < -0.3 is 5.32 Å². The molecule has 1 atom stereocenters. The number of likely N-dealkylation sites (tertiary alicyclic amines) is 1. The van der Waals surface area contributed by atoms with Crippen molar-refractivity contribution in [1.82, 2.24) is 15.2 Å². The summed E-state index contributed by atoms with van der Waals surface area (Å²) in [5.41, 5.74) is 2.07. The number of halogens is 1. The van der Waals surface area contributed by atoms with E-state index in [9.17, 15) is 9.18 Å². The lowest BCUT2D eigenvalue weighted by Gasteiger charge is -2.23. The molecule has 1 aromatic carbocycles. The highest BCUT2D eigenvalue weighted by Crippen LogP contribution is 2.20. The van der Waals surface area contributed by atoms with Gasteiger partial charge in [0.25, 0.3) is 0 Å². The van der Waals surface area contributed by atoms with E-state index in [4.69, 9.17) is 0 Å². The fourth-order valence-electron chi connectivity index (χ4n) is 3.09. The molecule has 1 saturated heterocycles. The molecule has 0 unspecified atom stereocenters. The average Bonchev–Trinajstić information content (AvgIpc) is 3.18. The summed E-state index contributed by atoms with van der Waals surface area (Å²) in [6.45, 7) is 4.19. The number of hydrogen-bond donors (Lipinski definition) is 1. The molecule has 24 heavy (non-hydrogen) atoms. The second-order valence-electron chi connectivity index (χ2n) is 6.15. The Morgan fingerprint density at radius 3 is 2.92 bits per heavy atom. The molecule has 0 bridgehead atoms. The summed E-state index contributed by atoms with van der Waals surface area (Å²) >= 11 is 1.63. The summed E-state index contributed by atoms with van der Waals surface area (Å²) in [6.07, 6.45) is 2.66. The fraction of sp³-hybridized carbons (Fsp3) is 0.444. The van der Waals surface area contributed by atoms with Crippen molar-refractivity contribution in [2.45, 2.75) is 38.8 Å². The topological polar surface area (TPSA) is 45.2 Å². The van der Waals surface area contributed by atoms with Gasteiger partial charge in [0.05, 0.1) is 16.7 Å². The number of rotatable bonds is 6. The summed E-state index contributed by atoms with van der Waals surface area (Å²) < 4.78 is 13.0. The van der Waals surface area contributed by atoms with Crippen LogP contribution in [-0.2, 0) is 17.8 Å². The van der Waals surface area contributed by atoms with Gasteiger partial charge in [-0.3, -0.25) is 9.69 Å².